The van der Waals surface area contributed by atoms with E-state index in [4.69, 9.17) is 0 Å². The van der Waals surface area contributed by atoms with Crippen LogP contribution in [0.15, 0.2) is 30.3 Å². The van der Waals surface area contributed by atoms with E-state index in [2.05, 4.69) is 16.9 Å². The molecule has 0 aliphatic rings. The fourth-order valence-corrected chi connectivity index (χ4v) is 2.23. The number of carbonyl (C=O) groups excluding carboxylic acids is 1. The molecule has 0 aliphatic heterocycles. The average molecular weight is 284 g/mol. The van der Waals surface area contributed by atoms with Crippen LogP contribution in [0.1, 0.15) is 23.9 Å². The maximum atomic E-state index is 10.8. The van der Waals surface area contributed by atoms with Crippen LogP contribution in [0.2, 0.25) is 0 Å². The van der Waals surface area contributed by atoms with E-state index in [0.29, 0.717) is 5.75 Å². The maximum Gasteiger partial charge on any atom is 0.186 e. The summed E-state index contributed by atoms with van der Waals surface area (Å²) in [6.45, 7) is 5.56. The number of hydrogen-bond donors (Lipinski definition) is 0. The second-order valence-electron chi connectivity index (χ2n) is 4.47. The average Bonchev–Trinajstić information content (AvgIpc) is 2.74. The van der Waals surface area contributed by atoms with Crippen LogP contribution < -0.4 is 0 Å². The molecule has 0 spiro atoms. The zero-order chi connectivity index (χ0) is 14.5. The van der Waals surface area contributed by atoms with E-state index in [-0.39, 0.29) is 5.12 Å². The van der Waals surface area contributed by atoms with Gasteiger partial charge in [0.25, 0.3) is 0 Å². The van der Waals surface area contributed by atoms with Crippen molar-refractivity contribution in [1.29, 1.82) is 0 Å². The third-order valence-corrected chi connectivity index (χ3v) is 3.38. The van der Waals surface area contributed by atoms with Crippen LogP contribution >= 0.6 is 11.8 Å². The first-order valence-electron chi connectivity index (χ1n) is 6.32. The summed E-state index contributed by atoms with van der Waals surface area (Å²) < 4.78 is 1.91. The Labute approximate surface area is 123 Å². The van der Waals surface area contributed by atoms with Crippen molar-refractivity contribution in [1.82, 2.24) is 9.78 Å². The summed E-state index contributed by atoms with van der Waals surface area (Å²) in [4.78, 5) is 10.8. The van der Waals surface area contributed by atoms with E-state index in [1.165, 1.54) is 11.8 Å². The minimum Gasteiger partial charge on any atom is -0.288 e. The summed E-state index contributed by atoms with van der Waals surface area (Å²) in [5, 5.41) is 4.55. The first kappa shape index (κ1) is 14.4. The first-order chi connectivity index (χ1) is 9.56. The Kier molecular flexibility index (Phi) is 4.65. The smallest absolute Gasteiger partial charge is 0.186 e. The molecular weight excluding hydrogens is 268 g/mol. The highest BCUT2D eigenvalue weighted by Gasteiger charge is 2.03. The molecule has 0 aliphatic carbocycles. The number of aromatic nitrogens is 2. The Bertz CT molecular complexity index is 692. The monoisotopic (exact) mass is 284 g/mol. The zero-order valence-corrected chi connectivity index (χ0v) is 12.6. The molecule has 3 nitrogen and oxygen atoms in total. The van der Waals surface area contributed by atoms with E-state index >= 15 is 0 Å². The van der Waals surface area contributed by atoms with Gasteiger partial charge in [0.05, 0.1) is 17.1 Å². The van der Waals surface area contributed by atoms with E-state index in [1.54, 1.807) is 6.92 Å². The summed E-state index contributed by atoms with van der Waals surface area (Å²) >= 11 is 1.23. The normalized spacial score (nSPS) is 9.95. The molecule has 0 fully saturated rings. The standard InChI is InChI=1S/C16H16N2OS/c1-12-10-13(2)18(17-12)16-8-4-6-15(11-16)7-5-9-20-14(3)19/h4,6,8,10-11H,9H2,1-3H3. The summed E-state index contributed by atoms with van der Waals surface area (Å²) in [7, 11) is 0. The van der Waals surface area contributed by atoms with Gasteiger partial charge < -0.3 is 0 Å². The molecule has 0 bridgehead atoms. The van der Waals surface area contributed by atoms with Gasteiger partial charge in [-0.15, -0.1) is 0 Å². The minimum atomic E-state index is 0.0932. The van der Waals surface area contributed by atoms with E-state index in [9.17, 15) is 4.79 Å². The lowest BCUT2D eigenvalue weighted by molar-refractivity contribution is -0.109. The van der Waals surface area contributed by atoms with Crippen molar-refractivity contribution in [3.8, 4) is 17.5 Å². The van der Waals surface area contributed by atoms with E-state index in [1.807, 2.05) is 48.9 Å². The molecule has 2 aromatic rings. The maximum absolute atomic E-state index is 10.8. The Balaban J connectivity index is 2.20. The molecule has 4 heteroatoms. The van der Waals surface area contributed by atoms with Gasteiger partial charge in [0.2, 0.25) is 0 Å². The van der Waals surface area contributed by atoms with Crippen molar-refractivity contribution < 1.29 is 4.79 Å². The van der Waals surface area contributed by atoms with Crippen molar-refractivity contribution in [2.45, 2.75) is 20.8 Å². The summed E-state index contributed by atoms with van der Waals surface area (Å²) in [6, 6.07) is 9.98. The molecule has 0 saturated heterocycles. The largest absolute Gasteiger partial charge is 0.288 e. The van der Waals surface area contributed by atoms with Gasteiger partial charge in [-0.05, 0) is 38.1 Å². The molecule has 0 N–H and O–H groups in total. The van der Waals surface area contributed by atoms with Crippen molar-refractivity contribution >= 4 is 16.9 Å². The zero-order valence-electron chi connectivity index (χ0n) is 11.8. The topological polar surface area (TPSA) is 34.9 Å². The Morgan fingerprint density at radius 1 is 1.35 bits per heavy atom. The van der Waals surface area contributed by atoms with Crippen molar-refractivity contribution in [3.05, 3.63) is 47.3 Å². The van der Waals surface area contributed by atoms with Gasteiger partial charge in [0.1, 0.15) is 0 Å². The van der Waals surface area contributed by atoms with E-state index in [0.717, 1.165) is 22.6 Å². The summed E-state index contributed by atoms with van der Waals surface area (Å²) in [5.41, 5.74) is 4.03. The number of thioether (sulfide) groups is 1. The molecule has 0 radical (unpaired) electrons. The highest BCUT2D eigenvalue weighted by Crippen LogP contribution is 2.13. The number of aryl methyl sites for hydroxylation is 2. The van der Waals surface area contributed by atoms with Crippen LogP contribution in [0.4, 0.5) is 0 Å². The Morgan fingerprint density at radius 3 is 2.80 bits per heavy atom. The van der Waals surface area contributed by atoms with E-state index < -0.39 is 0 Å². The Morgan fingerprint density at radius 2 is 2.15 bits per heavy atom. The van der Waals surface area contributed by atoms with Gasteiger partial charge in [-0.3, -0.25) is 4.79 Å². The molecule has 0 unspecified atom stereocenters. The third-order valence-electron chi connectivity index (χ3n) is 2.68. The van der Waals surface area contributed by atoms with Crippen molar-refractivity contribution in [3.63, 3.8) is 0 Å². The Hall–Kier alpha value is -1.99. The molecule has 1 aromatic carbocycles. The van der Waals surface area contributed by atoms with Crippen LogP contribution in [0.25, 0.3) is 5.69 Å². The lowest BCUT2D eigenvalue weighted by Gasteiger charge is -2.04. The van der Waals surface area contributed by atoms with Gasteiger partial charge in [-0.1, -0.05) is 29.7 Å². The molecule has 102 valence electrons. The van der Waals surface area contributed by atoms with Crippen LogP contribution in [-0.4, -0.2) is 20.6 Å². The highest BCUT2D eigenvalue weighted by atomic mass is 32.2. The fourth-order valence-electron chi connectivity index (χ4n) is 1.88. The predicted octanol–water partition coefficient (Wildman–Crippen LogP) is 3.12. The van der Waals surface area contributed by atoms with Crippen LogP contribution in [0.3, 0.4) is 0 Å². The van der Waals surface area contributed by atoms with Gasteiger partial charge in [0, 0.05) is 18.2 Å². The number of benzene rings is 1. The van der Waals surface area contributed by atoms with Crippen molar-refractivity contribution in [2.24, 2.45) is 0 Å². The predicted molar refractivity (Wildman–Crippen MR) is 83.1 cm³/mol. The molecule has 20 heavy (non-hydrogen) atoms. The second-order valence-corrected chi connectivity index (χ2v) is 5.62. The number of nitrogens with zero attached hydrogens (tertiary/aromatic N) is 2. The highest BCUT2D eigenvalue weighted by molar-refractivity contribution is 8.13. The van der Waals surface area contributed by atoms with Gasteiger partial charge >= 0.3 is 0 Å². The lowest BCUT2D eigenvalue weighted by atomic mass is 10.2. The minimum absolute atomic E-state index is 0.0932. The number of rotatable bonds is 2. The van der Waals surface area contributed by atoms with Crippen LogP contribution in [0.5, 0.6) is 0 Å². The van der Waals surface area contributed by atoms with Gasteiger partial charge in [-0.25, -0.2) is 4.68 Å². The SMILES string of the molecule is CC(=O)SCC#Cc1cccc(-n2nc(C)cc2C)c1. The molecule has 0 atom stereocenters. The molecule has 1 heterocycles. The molecule has 2 rings (SSSR count). The fraction of sp³-hybridized carbons (Fsp3) is 0.250. The first-order valence-corrected chi connectivity index (χ1v) is 7.31. The lowest BCUT2D eigenvalue weighted by Crippen LogP contribution is -1.99. The molecule has 1 aromatic heterocycles. The summed E-state index contributed by atoms with van der Waals surface area (Å²) in [6.07, 6.45) is 0. The molecule has 0 amide bonds. The van der Waals surface area contributed by atoms with Gasteiger partial charge in [0.15, 0.2) is 5.12 Å². The van der Waals surface area contributed by atoms with Crippen molar-refractivity contribution in [2.75, 3.05) is 5.75 Å². The second kappa shape index (κ2) is 6.44. The number of hydrogen-bond acceptors (Lipinski definition) is 3. The van der Waals surface area contributed by atoms with Crippen LogP contribution in [0, 0.1) is 25.7 Å². The third kappa shape index (κ3) is 3.75. The molecule has 0 saturated carbocycles. The quantitative estimate of drug-likeness (QED) is 0.795. The van der Waals surface area contributed by atoms with Crippen LogP contribution in [-0.2, 0) is 4.79 Å². The summed E-state index contributed by atoms with van der Waals surface area (Å²) in [5.74, 6) is 6.59. The number of carbonyl (C=O) groups is 1. The molecular formula is C16H16N2OS. The van der Waals surface area contributed by atoms with Gasteiger partial charge in [-0.2, -0.15) is 5.10 Å².